The van der Waals surface area contributed by atoms with Gasteiger partial charge >= 0.3 is 0 Å². The number of nitrogens with two attached hydrogens (primary N) is 1. The highest BCUT2D eigenvalue weighted by molar-refractivity contribution is 5.83. The maximum absolute atomic E-state index is 12.1. The number of aliphatic hydroxyl groups is 1. The van der Waals surface area contributed by atoms with Crippen LogP contribution in [0.2, 0.25) is 0 Å². The van der Waals surface area contributed by atoms with Crippen LogP contribution in [0.1, 0.15) is 47.0 Å². The average Bonchev–Trinajstić information content (AvgIpc) is 2.34. The Morgan fingerprint density at radius 1 is 1.25 bits per heavy atom. The van der Waals surface area contributed by atoms with E-state index < -0.39 is 11.0 Å². The summed E-state index contributed by atoms with van der Waals surface area (Å²) in [4.78, 5) is 12.1. The van der Waals surface area contributed by atoms with E-state index in [1.807, 2.05) is 27.7 Å². The lowest BCUT2D eigenvalue weighted by molar-refractivity contribution is -0.132. The highest BCUT2D eigenvalue weighted by atomic mass is 16.3. The first-order valence-corrected chi connectivity index (χ1v) is 6.07. The minimum atomic E-state index is -0.537. The fourth-order valence-electron chi connectivity index (χ4n) is 1.48. The smallest absolute Gasteiger partial charge is 0.227 e. The maximum atomic E-state index is 12.1. The molecule has 0 aromatic heterocycles. The van der Waals surface area contributed by atoms with E-state index in [1.165, 1.54) is 0 Å². The Labute approximate surface area is 98.6 Å². The summed E-state index contributed by atoms with van der Waals surface area (Å²) in [5.74, 6) is -0.0600. The molecule has 0 bridgehead atoms. The first-order valence-electron chi connectivity index (χ1n) is 6.07. The Kier molecular flexibility index (Phi) is 5.97. The number of carbonyl (C=O) groups is 1. The van der Waals surface area contributed by atoms with Gasteiger partial charge in [0, 0.05) is 6.54 Å². The van der Waals surface area contributed by atoms with Crippen LogP contribution in [0.3, 0.4) is 0 Å². The molecular formula is C12H26N2O2. The first-order chi connectivity index (χ1) is 7.43. The van der Waals surface area contributed by atoms with Gasteiger partial charge in [-0.15, -0.1) is 0 Å². The normalized spacial score (nSPS) is 15.6. The van der Waals surface area contributed by atoms with Crippen LogP contribution in [-0.2, 0) is 4.79 Å². The van der Waals surface area contributed by atoms with Gasteiger partial charge in [-0.05, 0) is 26.2 Å². The van der Waals surface area contributed by atoms with E-state index in [2.05, 4.69) is 5.32 Å². The van der Waals surface area contributed by atoms with Gasteiger partial charge in [-0.1, -0.05) is 20.8 Å². The van der Waals surface area contributed by atoms with E-state index in [1.54, 1.807) is 0 Å². The molecule has 0 fully saturated rings. The third-order valence-electron chi connectivity index (χ3n) is 3.81. The lowest BCUT2D eigenvalue weighted by Gasteiger charge is -2.35. The van der Waals surface area contributed by atoms with Crippen molar-refractivity contribution in [3.05, 3.63) is 0 Å². The van der Waals surface area contributed by atoms with Gasteiger partial charge in [0.05, 0.1) is 17.6 Å². The molecule has 96 valence electrons. The van der Waals surface area contributed by atoms with E-state index >= 15 is 0 Å². The molecule has 0 saturated carbocycles. The van der Waals surface area contributed by atoms with Crippen LogP contribution in [0.4, 0.5) is 0 Å². The Balaban J connectivity index is 4.76. The molecule has 1 amide bonds. The van der Waals surface area contributed by atoms with E-state index in [0.717, 1.165) is 12.8 Å². The molecule has 4 nitrogen and oxygen atoms in total. The van der Waals surface area contributed by atoms with Crippen LogP contribution in [-0.4, -0.2) is 29.7 Å². The molecule has 0 heterocycles. The van der Waals surface area contributed by atoms with Crippen molar-refractivity contribution in [2.45, 2.75) is 52.5 Å². The average molecular weight is 230 g/mol. The summed E-state index contributed by atoms with van der Waals surface area (Å²) in [7, 11) is 0. The summed E-state index contributed by atoms with van der Waals surface area (Å²) in [5, 5.41) is 12.3. The summed E-state index contributed by atoms with van der Waals surface area (Å²) in [6.45, 7) is 8.03. The number of aliphatic hydroxyl groups excluding tert-OH is 1. The van der Waals surface area contributed by atoms with Crippen molar-refractivity contribution in [3.63, 3.8) is 0 Å². The number of hydrogen-bond donors (Lipinski definition) is 3. The second-order valence-corrected chi connectivity index (χ2v) is 4.72. The zero-order valence-corrected chi connectivity index (χ0v) is 11.0. The van der Waals surface area contributed by atoms with Gasteiger partial charge in [0.15, 0.2) is 0 Å². The summed E-state index contributed by atoms with van der Waals surface area (Å²) in [6.07, 6.45) is 2.14. The molecule has 4 N–H and O–H groups in total. The predicted octanol–water partition coefficient (Wildman–Crippen LogP) is 1.03. The van der Waals surface area contributed by atoms with Gasteiger partial charge in [0.2, 0.25) is 5.91 Å². The number of amides is 1. The third kappa shape index (κ3) is 3.19. The largest absolute Gasteiger partial charge is 0.394 e. The number of nitrogens with one attached hydrogen (secondary N) is 1. The van der Waals surface area contributed by atoms with Crippen LogP contribution >= 0.6 is 0 Å². The minimum Gasteiger partial charge on any atom is -0.394 e. The summed E-state index contributed by atoms with van der Waals surface area (Å²) < 4.78 is 0. The summed E-state index contributed by atoms with van der Waals surface area (Å²) in [6, 6.07) is 0. The topological polar surface area (TPSA) is 75.3 Å². The van der Waals surface area contributed by atoms with E-state index in [4.69, 9.17) is 5.73 Å². The van der Waals surface area contributed by atoms with Crippen LogP contribution in [0.25, 0.3) is 0 Å². The van der Waals surface area contributed by atoms with Gasteiger partial charge in [0.1, 0.15) is 0 Å². The van der Waals surface area contributed by atoms with Gasteiger partial charge in [-0.3, -0.25) is 4.79 Å². The van der Waals surface area contributed by atoms with Crippen molar-refractivity contribution in [2.75, 3.05) is 13.2 Å². The number of hydrogen-bond acceptors (Lipinski definition) is 3. The number of carbonyl (C=O) groups excluding carboxylic acids is 1. The fraction of sp³-hybridized carbons (Fsp3) is 0.917. The van der Waals surface area contributed by atoms with E-state index in [9.17, 15) is 9.90 Å². The van der Waals surface area contributed by atoms with Crippen LogP contribution < -0.4 is 11.1 Å². The Hall–Kier alpha value is -0.610. The Bertz CT molecular complexity index is 213. The summed E-state index contributed by atoms with van der Waals surface area (Å²) in [5.41, 5.74) is 4.60. The first kappa shape index (κ1) is 15.4. The SMILES string of the molecule is CCC(CC)(CO)NC(=O)C(C)(CC)CN. The summed E-state index contributed by atoms with van der Waals surface area (Å²) >= 11 is 0. The molecular weight excluding hydrogens is 204 g/mol. The molecule has 0 aromatic carbocycles. The fourth-order valence-corrected chi connectivity index (χ4v) is 1.48. The molecule has 0 aliphatic carbocycles. The van der Waals surface area contributed by atoms with Gasteiger partial charge in [0.25, 0.3) is 0 Å². The number of rotatable bonds is 7. The van der Waals surface area contributed by atoms with Gasteiger partial charge < -0.3 is 16.2 Å². The molecule has 0 saturated heterocycles. The second kappa shape index (κ2) is 6.21. The molecule has 0 aromatic rings. The molecule has 1 atom stereocenters. The third-order valence-corrected chi connectivity index (χ3v) is 3.81. The molecule has 0 aliphatic heterocycles. The van der Waals surface area contributed by atoms with Gasteiger partial charge in [-0.25, -0.2) is 0 Å². The Morgan fingerprint density at radius 2 is 1.75 bits per heavy atom. The zero-order chi connectivity index (χ0) is 12.8. The monoisotopic (exact) mass is 230 g/mol. The van der Waals surface area contributed by atoms with E-state index in [0.29, 0.717) is 13.0 Å². The molecule has 0 radical (unpaired) electrons. The lowest BCUT2D eigenvalue weighted by atomic mass is 9.84. The van der Waals surface area contributed by atoms with Crippen LogP contribution in [0, 0.1) is 5.41 Å². The van der Waals surface area contributed by atoms with Crippen molar-refractivity contribution >= 4 is 5.91 Å². The highest BCUT2D eigenvalue weighted by Gasteiger charge is 2.35. The van der Waals surface area contributed by atoms with E-state index in [-0.39, 0.29) is 12.5 Å². The highest BCUT2D eigenvalue weighted by Crippen LogP contribution is 2.23. The molecule has 4 heteroatoms. The maximum Gasteiger partial charge on any atom is 0.227 e. The van der Waals surface area contributed by atoms with Crippen LogP contribution in [0.5, 0.6) is 0 Å². The quantitative estimate of drug-likeness (QED) is 0.611. The van der Waals surface area contributed by atoms with Crippen molar-refractivity contribution in [2.24, 2.45) is 11.1 Å². The van der Waals surface area contributed by atoms with Crippen LogP contribution in [0.15, 0.2) is 0 Å². The van der Waals surface area contributed by atoms with Crippen molar-refractivity contribution in [1.29, 1.82) is 0 Å². The lowest BCUT2D eigenvalue weighted by Crippen LogP contribution is -2.56. The Morgan fingerprint density at radius 3 is 2.00 bits per heavy atom. The van der Waals surface area contributed by atoms with Crippen molar-refractivity contribution < 1.29 is 9.90 Å². The second-order valence-electron chi connectivity index (χ2n) is 4.72. The molecule has 0 rings (SSSR count). The predicted molar refractivity (Wildman–Crippen MR) is 66.0 cm³/mol. The van der Waals surface area contributed by atoms with Crippen molar-refractivity contribution in [3.8, 4) is 0 Å². The van der Waals surface area contributed by atoms with Gasteiger partial charge in [-0.2, -0.15) is 0 Å². The molecule has 1 unspecified atom stereocenters. The molecule has 16 heavy (non-hydrogen) atoms. The molecule has 0 spiro atoms. The standard InChI is InChI=1S/C12H26N2O2/c1-5-11(4,8-13)10(16)14-12(6-2,7-3)9-15/h15H,5-9,13H2,1-4H3,(H,14,16). The zero-order valence-electron chi connectivity index (χ0n) is 11.0. The van der Waals surface area contributed by atoms with Crippen molar-refractivity contribution in [1.82, 2.24) is 5.32 Å². The molecule has 0 aliphatic rings. The minimum absolute atomic E-state index is 0.0316.